The first-order chi connectivity index (χ1) is 8.49. The molecule has 0 bridgehead atoms. The first-order valence-corrected chi connectivity index (χ1v) is 6.89. The van der Waals surface area contributed by atoms with Crippen LogP contribution in [-0.4, -0.2) is 10.9 Å². The number of amides is 1. The lowest BCUT2D eigenvalue weighted by molar-refractivity contribution is 0.102. The molecule has 0 atom stereocenters. The van der Waals surface area contributed by atoms with Crippen molar-refractivity contribution >= 4 is 44.0 Å². The molecule has 1 amide bonds. The highest BCUT2D eigenvalue weighted by molar-refractivity contribution is 9.10. The molecule has 0 radical (unpaired) electrons. The number of carbonyl (C=O) groups excluding carboxylic acids is 1. The predicted molar refractivity (Wildman–Crippen MR) is 78.1 cm³/mol. The Kier molecular flexibility index (Phi) is 3.68. The summed E-state index contributed by atoms with van der Waals surface area (Å²) < 4.78 is 0.959. The fourth-order valence-electron chi connectivity index (χ4n) is 1.55. The van der Waals surface area contributed by atoms with Gasteiger partial charge in [-0.05, 0) is 31.5 Å². The fourth-order valence-corrected chi connectivity index (χ4v) is 2.64. The first kappa shape index (κ1) is 13.0. The summed E-state index contributed by atoms with van der Waals surface area (Å²) in [6, 6.07) is 5.67. The van der Waals surface area contributed by atoms with E-state index in [1.807, 2.05) is 25.1 Å². The summed E-state index contributed by atoms with van der Waals surface area (Å²) in [4.78, 5) is 16.7. The average Bonchev–Trinajstić information content (AvgIpc) is 2.64. The Hall–Kier alpha value is -1.40. The van der Waals surface area contributed by atoms with Gasteiger partial charge < -0.3 is 11.1 Å². The molecule has 2 aromatic rings. The Bertz CT molecular complexity index is 609. The second kappa shape index (κ2) is 5.07. The van der Waals surface area contributed by atoms with Crippen LogP contribution < -0.4 is 11.1 Å². The van der Waals surface area contributed by atoms with Gasteiger partial charge in [0.15, 0.2) is 5.13 Å². The lowest BCUT2D eigenvalue weighted by Gasteiger charge is -2.08. The summed E-state index contributed by atoms with van der Waals surface area (Å²) in [5.74, 6) is -0.178. The van der Waals surface area contributed by atoms with Crippen molar-refractivity contribution in [1.82, 2.24) is 4.98 Å². The number of rotatable bonds is 2. The molecule has 0 aliphatic carbocycles. The third-order valence-corrected chi connectivity index (χ3v) is 4.38. The number of aromatic nitrogens is 1. The number of benzene rings is 1. The number of nitrogens with one attached hydrogen (secondary N) is 1. The van der Waals surface area contributed by atoms with Crippen molar-refractivity contribution in [3.8, 4) is 0 Å². The summed E-state index contributed by atoms with van der Waals surface area (Å²) in [6.45, 7) is 3.71. The fraction of sp³-hybridized carbons (Fsp3) is 0.167. The molecule has 3 N–H and O–H groups in total. The van der Waals surface area contributed by atoms with Crippen LogP contribution in [0.15, 0.2) is 22.7 Å². The molecule has 0 fully saturated rings. The molecule has 18 heavy (non-hydrogen) atoms. The minimum atomic E-state index is -0.178. The van der Waals surface area contributed by atoms with Gasteiger partial charge in [-0.2, -0.15) is 0 Å². The molecule has 0 saturated heterocycles. The van der Waals surface area contributed by atoms with Crippen LogP contribution in [0.1, 0.15) is 20.9 Å². The van der Waals surface area contributed by atoms with Crippen molar-refractivity contribution in [2.45, 2.75) is 13.8 Å². The van der Waals surface area contributed by atoms with E-state index in [2.05, 4.69) is 26.2 Å². The summed E-state index contributed by atoms with van der Waals surface area (Å²) in [5.41, 5.74) is 8.01. The number of hydrogen-bond acceptors (Lipinski definition) is 4. The molecular formula is C12H12BrN3OS. The maximum atomic E-state index is 12.1. The molecule has 0 aliphatic heterocycles. The summed E-state index contributed by atoms with van der Waals surface area (Å²) in [7, 11) is 0. The minimum Gasteiger partial charge on any atom is -0.375 e. The van der Waals surface area contributed by atoms with Gasteiger partial charge in [0.2, 0.25) is 0 Å². The Labute approximate surface area is 117 Å². The van der Waals surface area contributed by atoms with Crippen molar-refractivity contribution in [2.75, 3.05) is 11.1 Å². The van der Waals surface area contributed by atoms with Gasteiger partial charge in [0, 0.05) is 10.2 Å². The molecule has 4 nitrogen and oxygen atoms in total. The summed E-state index contributed by atoms with van der Waals surface area (Å²) in [5, 5.41) is 3.27. The first-order valence-electron chi connectivity index (χ1n) is 5.28. The van der Waals surface area contributed by atoms with E-state index in [1.165, 1.54) is 11.3 Å². The predicted octanol–water partition coefficient (Wildman–Crippen LogP) is 3.36. The van der Waals surface area contributed by atoms with Crippen molar-refractivity contribution in [3.05, 3.63) is 38.8 Å². The van der Waals surface area contributed by atoms with Gasteiger partial charge in [-0.25, -0.2) is 4.98 Å². The molecule has 6 heteroatoms. The Morgan fingerprint density at radius 1 is 1.44 bits per heavy atom. The van der Waals surface area contributed by atoms with Gasteiger partial charge in [-0.1, -0.05) is 33.3 Å². The van der Waals surface area contributed by atoms with Crippen LogP contribution in [0, 0.1) is 13.8 Å². The lowest BCUT2D eigenvalue weighted by atomic mass is 10.2. The number of nitrogen functional groups attached to an aromatic ring is 1. The SMILES string of the molecule is Cc1nc(N)sc1C(=O)Nc1cccc(Br)c1C. The third-order valence-electron chi connectivity index (χ3n) is 2.54. The van der Waals surface area contributed by atoms with Crippen LogP contribution >= 0.6 is 27.3 Å². The van der Waals surface area contributed by atoms with Crippen molar-refractivity contribution < 1.29 is 4.79 Å². The second-order valence-corrected chi connectivity index (χ2v) is 5.72. The molecule has 1 heterocycles. The maximum absolute atomic E-state index is 12.1. The van der Waals surface area contributed by atoms with Crippen LogP contribution in [0.25, 0.3) is 0 Å². The molecule has 0 saturated carbocycles. The number of carbonyl (C=O) groups is 1. The second-order valence-electron chi connectivity index (χ2n) is 3.83. The highest BCUT2D eigenvalue weighted by atomic mass is 79.9. The Morgan fingerprint density at radius 2 is 2.17 bits per heavy atom. The number of thiazole rings is 1. The highest BCUT2D eigenvalue weighted by Gasteiger charge is 2.15. The Morgan fingerprint density at radius 3 is 2.78 bits per heavy atom. The zero-order chi connectivity index (χ0) is 13.3. The number of nitrogens with zero attached hydrogens (tertiary/aromatic N) is 1. The van der Waals surface area contributed by atoms with E-state index in [4.69, 9.17) is 5.73 Å². The van der Waals surface area contributed by atoms with Gasteiger partial charge in [-0.15, -0.1) is 0 Å². The van der Waals surface area contributed by atoms with Gasteiger partial charge in [0.25, 0.3) is 5.91 Å². The molecule has 94 valence electrons. The van der Waals surface area contributed by atoms with Gasteiger partial charge in [-0.3, -0.25) is 4.79 Å². The lowest BCUT2D eigenvalue weighted by Crippen LogP contribution is -2.12. The monoisotopic (exact) mass is 325 g/mol. The molecule has 1 aromatic heterocycles. The highest BCUT2D eigenvalue weighted by Crippen LogP contribution is 2.26. The molecule has 1 aromatic carbocycles. The number of aryl methyl sites for hydroxylation is 1. The molecule has 2 rings (SSSR count). The quantitative estimate of drug-likeness (QED) is 0.889. The smallest absolute Gasteiger partial charge is 0.267 e. The molecule has 0 aliphatic rings. The number of anilines is 2. The van der Waals surface area contributed by atoms with E-state index in [9.17, 15) is 4.79 Å². The maximum Gasteiger partial charge on any atom is 0.267 e. The number of halogens is 1. The van der Waals surface area contributed by atoms with Crippen molar-refractivity contribution in [2.24, 2.45) is 0 Å². The normalized spacial score (nSPS) is 10.4. The van der Waals surface area contributed by atoms with E-state index in [0.717, 1.165) is 15.7 Å². The van der Waals surface area contributed by atoms with E-state index in [1.54, 1.807) is 6.92 Å². The summed E-state index contributed by atoms with van der Waals surface area (Å²) in [6.07, 6.45) is 0. The average molecular weight is 326 g/mol. The van der Waals surface area contributed by atoms with E-state index < -0.39 is 0 Å². The van der Waals surface area contributed by atoms with E-state index >= 15 is 0 Å². The molecule has 0 spiro atoms. The van der Waals surface area contributed by atoms with Gasteiger partial charge in [0.05, 0.1) is 5.69 Å². The standard InChI is InChI=1S/C12H12BrN3OS/c1-6-8(13)4-3-5-9(6)16-11(17)10-7(2)15-12(14)18-10/h3-5H,1-2H3,(H2,14,15)(H,16,17). The third kappa shape index (κ3) is 2.54. The van der Waals surface area contributed by atoms with Gasteiger partial charge in [0.1, 0.15) is 4.88 Å². The number of hydrogen-bond donors (Lipinski definition) is 2. The van der Waals surface area contributed by atoms with Crippen molar-refractivity contribution in [1.29, 1.82) is 0 Å². The zero-order valence-electron chi connectivity index (χ0n) is 9.95. The minimum absolute atomic E-state index is 0.178. The van der Waals surface area contributed by atoms with Gasteiger partial charge >= 0.3 is 0 Å². The topological polar surface area (TPSA) is 68.0 Å². The molecular weight excluding hydrogens is 314 g/mol. The number of nitrogens with two attached hydrogens (primary N) is 1. The largest absolute Gasteiger partial charge is 0.375 e. The van der Waals surface area contributed by atoms with Crippen LogP contribution in [-0.2, 0) is 0 Å². The summed E-state index contributed by atoms with van der Waals surface area (Å²) >= 11 is 4.62. The van der Waals surface area contributed by atoms with Crippen LogP contribution in [0.5, 0.6) is 0 Å². The van der Waals surface area contributed by atoms with Crippen LogP contribution in [0.3, 0.4) is 0 Å². The zero-order valence-corrected chi connectivity index (χ0v) is 12.4. The Balaban J connectivity index is 2.27. The van der Waals surface area contributed by atoms with Crippen molar-refractivity contribution in [3.63, 3.8) is 0 Å². The van der Waals surface area contributed by atoms with Crippen LogP contribution in [0.2, 0.25) is 0 Å². The van der Waals surface area contributed by atoms with Crippen LogP contribution in [0.4, 0.5) is 10.8 Å². The molecule has 0 unspecified atom stereocenters. The van der Waals surface area contributed by atoms with E-state index in [-0.39, 0.29) is 5.91 Å². The van der Waals surface area contributed by atoms with E-state index in [0.29, 0.717) is 15.7 Å².